The molecule has 5 heteroatoms. The van der Waals surface area contributed by atoms with E-state index in [-0.39, 0.29) is 6.61 Å². The Morgan fingerprint density at radius 1 is 1.41 bits per heavy atom. The first kappa shape index (κ1) is 11.3. The van der Waals surface area contributed by atoms with Gasteiger partial charge in [0, 0.05) is 17.5 Å². The van der Waals surface area contributed by atoms with Gasteiger partial charge in [0.25, 0.3) is 0 Å². The Kier molecular flexibility index (Phi) is 2.90. The maximum absolute atomic E-state index is 9.10. The summed E-state index contributed by atoms with van der Waals surface area (Å²) in [6, 6.07) is 3.88. The Labute approximate surface area is 99.0 Å². The summed E-state index contributed by atoms with van der Waals surface area (Å²) in [5, 5.41) is 22.1. The van der Waals surface area contributed by atoms with E-state index in [1.807, 2.05) is 13.8 Å². The van der Waals surface area contributed by atoms with Crippen molar-refractivity contribution in [1.82, 2.24) is 14.8 Å². The molecule has 17 heavy (non-hydrogen) atoms. The minimum absolute atomic E-state index is 0.0406. The number of hydrogen-bond donors (Lipinski definition) is 1. The molecule has 2 aromatic rings. The summed E-state index contributed by atoms with van der Waals surface area (Å²) in [5.74, 6) is 0.652. The topological polar surface area (TPSA) is 74.7 Å². The van der Waals surface area contributed by atoms with Crippen LogP contribution in [0.3, 0.4) is 0 Å². The van der Waals surface area contributed by atoms with Crippen LogP contribution in [-0.2, 0) is 6.61 Å². The second-order valence-corrected chi connectivity index (χ2v) is 3.79. The van der Waals surface area contributed by atoms with E-state index >= 15 is 0 Å². The van der Waals surface area contributed by atoms with Gasteiger partial charge in [-0.25, -0.2) is 9.67 Å². The molecule has 86 valence electrons. The zero-order chi connectivity index (χ0) is 12.4. The zero-order valence-electron chi connectivity index (χ0n) is 9.68. The molecule has 0 saturated carbocycles. The zero-order valence-corrected chi connectivity index (χ0v) is 9.68. The van der Waals surface area contributed by atoms with Crippen LogP contribution in [-0.4, -0.2) is 19.9 Å². The Bertz CT molecular complexity index is 595. The number of aliphatic hydroxyl groups excluding tert-OH is 1. The largest absolute Gasteiger partial charge is 0.392 e. The van der Waals surface area contributed by atoms with Crippen molar-refractivity contribution < 1.29 is 5.11 Å². The summed E-state index contributed by atoms with van der Waals surface area (Å²) in [5.41, 5.74) is 3.04. The molecule has 2 aromatic heterocycles. The van der Waals surface area contributed by atoms with Gasteiger partial charge in [-0.05, 0) is 25.5 Å². The highest BCUT2D eigenvalue weighted by molar-refractivity contribution is 5.40. The monoisotopic (exact) mass is 228 g/mol. The number of aliphatic hydroxyl groups is 1. The lowest BCUT2D eigenvalue weighted by Crippen LogP contribution is -2.03. The number of hydrogen-bond acceptors (Lipinski definition) is 4. The van der Waals surface area contributed by atoms with Crippen molar-refractivity contribution in [1.29, 1.82) is 5.26 Å². The van der Waals surface area contributed by atoms with Crippen molar-refractivity contribution in [2.75, 3.05) is 0 Å². The Morgan fingerprint density at radius 3 is 2.71 bits per heavy atom. The maximum atomic E-state index is 9.10. The quantitative estimate of drug-likeness (QED) is 0.839. The van der Waals surface area contributed by atoms with Crippen LogP contribution in [0, 0.1) is 25.2 Å². The highest BCUT2D eigenvalue weighted by atomic mass is 16.3. The number of rotatable bonds is 2. The number of nitriles is 1. The first-order valence-electron chi connectivity index (χ1n) is 5.19. The van der Waals surface area contributed by atoms with Crippen LogP contribution in [0.4, 0.5) is 0 Å². The lowest BCUT2D eigenvalue weighted by atomic mass is 10.2. The van der Waals surface area contributed by atoms with Crippen LogP contribution < -0.4 is 0 Å². The van der Waals surface area contributed by atoms with Crippen LogP contribution in [0.2, 0.25) is 0 Å². The molecule has 0 bridgehead atoms. The average molecular weight is 228 g/mol. The summed E-state index contributed by atoms with van der Waals surface area (Å²) in [6.45, 7) is 3.68. The second kappa shape index (κ2) is 4.36. The Hall–Kier alpha value is -2.19. The van der Waals surface area contributed by atoms with E-state index < -0.39 is 0 Å². The maximum Gasteiger partial charge on any atom is 0.153 e. The van der Waals surface area contributed by atoms with Crippen LogP contribution >= 0.6 is 0 Å². The summed E-state index contributed by atoms with van der Waals surface area (Å²) >= 11 is 0. The van der Waals surface area contributed by atoms with E-state index in [1.54, 1.807) is 16.9 Å². The van der Waals surface area contributed by atoms with Gasteiger partial charge in [-0.15, -0.1) is 0 Å². The first-order chi connectivity index (χ1) is 8.17. The summed E-state index contributed by atoms with van der Waals surface area (Å²) in [7, 11) is 0. The van der Waals surface area contributed by atoms with Crippen LogP contribution in [0.5, 0.6) is 0 Å². The SMILES string of the molecule is Cc1cc(-n2ncc(CO)c2C)ncc1C#N. The highest BCUT2D eigenvalue weighted by Gasteiger charge is 2.09. The smallest absolute Gasteiger partial charge is 0.153 e. The molecule has 0 unspecified atom stereocenters. The van der Waals surface area contributed by atoms with Gasteiger partial charge in [-0.1, -0.05) is 0 Å². The molecule has 5 nitrogen and oxygen atoms in total. The van der Waals surface area contributed by atoms with Crippen molar-refractivity contribution in [2.24, 2.45) is 0 Å². The van der Waals surface area contributed by atoms with E-state index in [2.05, 4.69) is 16.2 Å². The predicted molar refractivity (Wildman–Crippen MR) is 61.5 cm³/mol. The lowest BCUT2D eigenvalue weighted by Gasteiger charge is -2.05. The minimum Gasteiger partial charge on any atom is -0.392 e. The summed E-state index contributed by atoms with van der Waals surface area (Å²) in [4.78, 5) is 4.19. The molecular weight excluding hydrogens is 216 g/mol. The third kappa shape index (κ3) is 1.90. The molecule has 0 aromatic carbocycles. The van der Waals surface area contributed by atoms with Gasteiger partial charge in [0.05, 0.1) is 18.4 Å². The second-order valence-electron chi connectivity index (χ2n) is 3.79. The van der Waals surface area contributed by atoms with E-state index in [9.17, 15) is 0 Å². The van der Waals surface area contributed by atoms with Gasteiger partial charge in [-0.3, -0.25) is 0 Å². The average Bonchev–Trinajstić information content (AvgIpc) is 2.70. The van der Waals surface area contributed by atoms with Gasteiger partial charge >= 0.3 is 0 Å². The molecule has 0 atom stereocenters. The van der Waals surface area contributed by atoms with E-state index in [0.717, 1.165) is 16.8 Å². The fourth-order valence-corrected chi connectivity index (χ4v) is 1.60. The van der Waals surface area contributed by atoms with E-state index in [0.29, 0.717) is 11.4 Å². The van der Waals surface area contributed by atoms with E-state index in [4.69, 9.17) is 10.4 Å². The molecule has 0 saturated heterocycles. The normalized spacial score (nSPS) is 10.2. The Balaban J connectivity index is 2.51. The molecule has 1 N–H and O–H groups in total. The molecule has 2 heterocycles. The molecule has 0 aliphatic heterocycles. The van der Waals surface area contributed by atoms with Crippen molar-refractivity contribution in [2.45, 2.75) is 20.5 Å². The first-order valence-corrected chi connectivity index (χ1v) is 5.19. The van der Waals surface area contributed by atoms with Crippen molar-refractivity contribution in [3.05, 3.63) is 40.8 Å². The molecule has 0 radical (unpaired) electrons. The molecule has 2 rings (SSSR count). The van der Waals surface area contributed by atoms with Crippen LogP contribution in [0.25, 0.3) is 5.82 Å². The van der Waals surface area contributed by atoms with Crippen LogP contribution in [0.15, 0.2) is 18.5 Å². The summed E-state index contributed by atoms with van der Waals surface area (Å²) < 4.78 is 1.65. The van der Waals surface area contributed by atoms with E-state index in [1.165, 1.54) is 6.20 Å². The number of pyridine rings is 1. The molecule has 0 spiro atoms. The van der Waals surface area contributed by atoms with Gasteiger partial charge in [-0.2, -0.15) is 10.4 Å². The van der Waals surface area contributed by atoms with Gasteiger partial charge in [0.1, 0.15) is 6.07 Å². The van der Waals surface area contributed by atoms with Crippen molar-refractivity contribution in [3.8, 4) is 11.9 Å². The number of aromatic nitrogens is 3. The molecule has 0 amide bonds. The molecule has 0 aliphatic rings. The van der Waals surface area contributed by atoms with Gasteiger partial charge < -0.3 is 5.11 Å². The summed E-state index contributed by atoms with van der Waals surface area (Å²) in [6.07, 6.45) is 3.15. The van der Waals surface area contributed by atoms with Crippen molar-refractivity contribution in [3.63, 3.8) is 0 Å². The molecule has 0 fully saturated rings. The van der Waals surface area contributed by atoms with Crippen molar-refractivity contribution >= 4 is 0 Å². The molecular formula is C12H12N4O. The standard InChI is InChI=1S/C12H12N4O/c1-8-3-12(14-5-10(8)4-13)16-9(2)11(7-17)6-15-16/h3,5-6,17H,7H2,1-2H3. The predicted octanol–water partition coefficient (Wildman–Crippen LogP) is 1.25. The highest BCUT2D eigenvalue weighted by Crippen LogP contribution is 2.14. The fraction of sp³-hybridized carbons (Fsp3) is 0.250. The Morgan fingerprint density at radius 2 is 2.18 bits per heavy atom. The minimum atomic E-state index is -0.0406. The van der Waals surface area contributed by atoms with Crippen LogP contribution in [0.1, 0.15) is 22.4 Å². The number of aryl methyl sites for hydroxylation is 1. The molecule has 0 aliphatic carbocycles. The lowest BCUT2D eigenvalue weighted by molar-refractivity contribution is 0.281. The van der Waals surface area contributed by atoms with Gasteiger partial charge in [0.2, 0.25) is 0 Å². The van der Waals surface area contributed by atoms with Gasteiger partial charge in [0.15, 0.2) is 5.82 Å². The fourth-order valence-electron chi connectivity index (χ4n) is 1.60. The number of nitrogens with zero attached hydrogens (tertiary/aromatic N) is 4. The third-order valence-electron chi connectivity index (χ3n) is 2.72. The third-order valence-corrected chi connectivity index (χ3v) is 2.72.